The monoisotopic (exact) mass is 267 g/mol. The zero-order chi connectivity index (χ0) is 13.5. The molecule has 3 heteroatoms. The number of aryl methyl sites for hydroxylation is 2. The second-order valence-electron chi connectivity index (χ2n) is 4.80. The van der Waals surface area contributed by atoms with Gasteiger partial charge in [0.05, 0.1) is 6.04 Å². The van der Waals surface area contributed by atoms with Gasteiger partial charge in [0.25, 0.3) is 0 Å². The number of hydrogen-bond donors (Lipinski definition) is 1. The number of hydrogen-bond acceptors (Lipinski definition) is 1. The van der Waals surface area contributed by atoms with Crippen LogP contribution in [0.15, 0.2) is 18.2 Å². The zero-order valence-corrected chi connectivity index (χ0v) is 12.2. The largest absolute Gasteiger partial charge is 0.350 e. The molecule has 0 saturated heterocycles. The van der Waals surface area contributed by atoms with Gasteiger partial charge in [0.1, 0.15) is 0 Å². The summed E-state index contributed by atoms with van der Waals surface area (Å²) in [5.74, 6) is 0.729. The molecule has 0 aromatic heterocycles. The van der Waals surface area contributed by atoms with Crippen LogP contribution in [-0.4, -0.2) is 11.8 Å². The van der Waals surface area contributed by atoms with E-state index in [4.69, 9.17) is 11.6 Å². The molecule has 0 aliphatic carbocycles. The Kier molecular flexibility index (Phi) is 6.20. The van der Waals surface area contributed by atoms with Gasteiger partial charge in [-0.05, 0) is 44.7 Å². The highest BCUT2D eigenvalue weighted by Crippen LogP contribution is 2.18. The van der Waals surface area contributed by atoms with Crippen molar-refractivity contribution in [2.24, 2.45) is 0 Å². The van der Waals surface area contributed by atoms with Crippen LogP contribution in [0.3, 0.4) is 0 Å². The molecule has 0 heterocycles. The molecule has 0 spiro atoms. The van der Waals surface area contributed by atoms with E-state index in [1.807, 2.05) is 6.92 Å². The van der Waals surface area contributed by atoms with Gasteiger partial charge in [-0.1, -0.05) is 23.8 Å². The Bertz CT molecular complexity index is 403. The maximum atomic E-state index is 11.7. The molecule has 1 aromatic carbocycles. The molecule has 1 aromatic rings. The standard InChI is InChI=1S/C15H22ClNO/c1-11-7-8-14(12(2)10-11)13(3)17-15(18)6-4-5-9-16/h7-8,10,13H,4-6,9H2,1-3H3,(H,17,18). The molecular formula is C15H22ClNO. The molecule has 1 amide bonds. The molecule has 0 radical (unpaired) electrons. The second kappa shape index (κ2) is 7.42. The predicted molar refractivity (Wildman–Crippen MR) is 77.0 cm³/mol. The molecule has 0 fully saturated rings. The van der Waals surface area contributed by atoms with E-state index < -0.39 is 0 Å². The minimum atomic E-state index is 0.0640. The molecule has 100 valence electrons. The van der Waals surface area contributed by atoms with Gasteiger partial charge in [0, 0.05) is 12.3 Å². The van der Waals surface area contributed by atoms with Gasteiger partial charge in [-0.2, -0.15) is 0 Å². The molecule has 18 heavy (non-hydrogen) atoms. The number of rotatable bonds is 6. The van der Waals surface area contributed by atoms with Crippen molar-refractivity contribution < 1.29 is 4.79 Å². The fourth-order valence-electron chi connectivity index (χ4n) is 2.08. The summed E-state index contributed by atoms with van der Waals surface area (Å²) in [6, 6.07) is 6.38. The van der Waals surface area contributed by atoms with Gasteiger partial charge < -0.3 is 5.32 Å². The summed E-state index contributed by atoms with van der Waals surface area (Å²) >= 11 is 5.59. The molecule has 1 atom stereocenters. The first-order chi connectivity index (χ1) is 8.54. The van der Waals surface area contributed by atoms with Crippen molar-refractivity contribution in [3.63, 3.8) is 0 Å². The molecule has 1 unspecified atom stereocenters. The Morgan fingerprint density at radius 1 is 1.33 bits per heavy atom. The van der Waals surface area contributed by atoms with Crippen molar-refractivity contribution in [1.29, 1.82) is 0 Å². The van der Waals surface area contributed by atoms with Gasteiger partial charge in [-0.15, -0.1) is 11.6 Å². The third kappa shape index (κ3) is 4.69. The summed E-state index contributed by atoms with van der Waals surface area (Å²) in [6.07, 6.45) is 2.31. The summed E-state index contributed by atoms with van der Waals surface area (Å²) in [6.45, 7) is 6.18. The number of carbonyl (C=O) groups excluding carboxylic acids is 1. The van der Waals surface area contributed by atoms with Crippen LogP contribution in [0.4, 0.5) is 0 Å². The number of benzene rings is 1. The van der Waals surface area contributed by atoms with Gasteiger partial charge in [0.15, 0.2) is 0 Å². The third-order valence-corrected chi connectivity index (χ3v) is 3.32. The fourth-order valence-corrected chi connectivity index (χ4v) is 2.27. The average Bonchev–Trinajstić information content (AvgIpc) is 2.28. The van der Waals surface area contributed by atoms with Crippen molar-refractivity contribution in [1.82, 2.24) is 5.32 Å². The molecule has 0 aliphatic heterocycles. The average molecular weight is 268 g/mol. The number of carbonyl (C=O) groups is 1. The maximum absolute atomic E-state index is 11.7. The highest BCUT2D eigenvalue weighted by Gasteiger charge is 2.11. The van der Waals surface area contributed by atoms with Crippen LogP contribution in [-0.2, 0) is 4.79 Å². The Hall–Kier alpha value is -1.02. The molecule has 1 N–H and O–H groups in total. The summed E-state index contributed by atoms with van der Waals surface area (Å²) in [4.78, 5) is 11.7. The Morgan fingerprint density at radius 2 is 2.06 bits per heavy atom. The van der Waals surface area contributed by atoms with Crippen LogP contribution in [0.25, 0.3) is 0 Å². The number of alkyl halides is 1. The van der Waals surface area contributed by atoms with Gasteiger partial charge in [0.2, 0.25) is 5.91 Å². The molecule has 0 saturated carbocycles. The van der Waals surface area contributed by atoms with Crippen molar-refractivity contribution in [2.45, 2.75) is 46.1 Å². The third-order valence-electron chi connectivity index (χ3n) is 3.06. The summed E-state index contributed by atoms with van der Waals surface area (Å²) < 4.78 is 0. The highest BCUT2D eigenvalue weighted by atomic mass is 35.5. The van der Waals surface area contributed by atoms with Gasteiger partial charge in [-0.25, -0.2) is 0 Å². The van der Waals surface area contributed by atoms with Crippen molar-refractivity contribution >= 4 is 17.5 Å². The second-order valence-corrected chi connectivity index (χ2v) is 5.17. The van der Waals surface area contributed by atoms with Crippen molar-refractivity contribution in [3.05, 3.63) is 34.9 Å². The number of amides is 1. The van der Waals surface area contributed by atoms with E-state index in [9.17, 15) is 4.79 Å². The first kappa shape index (κ1) is 15.0. The maximum Gasteiger partial charge on any atom is 0.220 e. The lowest BCUT2D eigenvalue weighted by Crippen LogP contribution is -2.26. The van der Waals surface area contributed by atoms with Gasteiger partial charge in [-0.3, -0.25) is 4.79 Å². The van der Waals surface area contributed by atoms with E-state index in [0.29, 0.717) is 12.3 Å². The van der Waals surface area contributed by atoms with Crippen LogP contribution in [0.5, 0.6) is 0 Å². The van der Waals surface area contributed by atoms with Crippen LogP contribution in [0.1, 0.15) is 48.9 Å². The first-order valence-corrected chi connectivity index (χ1v) is 7.00. The van der Waals surface area contributed by atoms with Crippen LogP contribution in [0.2, 0.25) is 0 Å². The number of nitrogens with one attached hydrogen (secondary N) is 1. The Balaban J connectivity index is 2.54. The number of halogens is 1. The lowest BCUT2D eigenvalue weighted by atomic mass is 10.00. The molecule has 2 nitrogen and oxygen atoms in total. The van der Waals surface area contributed by atoms with E-state index in [1.54, 1.807) is 0 Å². The van der Waals surface area contributed by atoms with E-state index in [1.165, 1.54) is 16.7 Å². The molecule has 0 bridgehead atoms. The SMILES string of the molecule is Cc1ccc(C(C)NC(=O)CCCCCl)c(C)c1. The summed E-state index contributed by atoms with van der Waals surface area (Å²) in [5.41, 5.74) is 3.66. The quantitative estimate of drug-likeness (QED) is 0.615. The topological polar surface area (TPSA) is 29.1 Å². The number of unbranched alkanes of at least 4 members (excludes halogenated alkanes) is 1. The van der Waals surface area contributed by atoms with Crippen LogP contribution in [0, 0.1) is 13.8 Å². The lowest BCUT2D eigenvalue weighted by Gasteiger charge is -2.17. The van der Waals surface area contributed by atoms with Gasteiger partial charge >= 0.3 is 0 Å². The van der Waals surface area contributed by atoms with Crippen LogP contribution >= 0.6 is 11.6 Å². The smallest absolute Gasteiger partial charge is 0.220 e. The minimum absolute atomic E-state index is 0.0640. The molecular weight excluding hydrogens is 246 g/mol. The first-order valence-electron chi connectivity index (χ1n) is 6.47. The minimum Gasteiger partial charge on any atom is -0.350 e. The van der Waals surface area contributed by atoms with E-state index >= 15 is 0 Å². The molecule has 1 rings (SSSR count). The van der Waals surface area contributed by atoms with E-state index in [-0.39, 0.29) is 11.9 Å². The van der Waals surface area contributed by atoms with Crippen LogP contribution < -0.4 is 5.32 Å². The Labute approximate surface area is 115 Å². The Morgan fingerprint density at radius 3 is 2.67 bits per heavy atom. The summed E-state index contributed by atoms with van der Waals surface area (Å²) in [5, 5.41) is 3.03. The van der Waals surface area contributed by atoms with Crippen molar-refractivity contribution in [2.75, 3.05) is 5.88 Å². The predicted octanol–water partition coefficient (Wildman–Crippen LogP) is 3.89. The summed E-state index contributed by atoms with van der Waals surface area (Å²) in [7, 11) is 0. The lowest BCUT2D eigenvalue weighted by molar-refractivity contribution is -0.121. The molecule has 0 aliphatic rings. The highest BCUT2D eigenvalue weighted by molar-refractivity contribution is 6.17. The van der Waals surface area contributed by atoms with E-state index in [0.717, 1.165) is 12.8 Å². The zero-order valence-electron chi connectivity index (χ0n) is 11.4. The van der Waals surface area contributed by atoms with Crippen molar-refractivity contribution in [3.8, 4) is 0 Å². The fraction of sp³-hybridized carbons (Fsp3) is 0.533. The van der Waals surface area contributed by atoms with E-state index in [2.05, 4.69) is 37.4 Å². The normalized spacial score (nSPS) is 12.2.